The number of likely N-dealkylation sites (tertiary alicyclic amines) is 1. The van der Waals surface area contributed by atoms with Crippen LogP contribution in [0.25, 0.3) is 0 Å². The largest absolute Gasteiger partial charge is 0.301 e. The number of nitrogens with zero attached hydrogens (tertiary/aromatic N) is 1. The molecule has 0 aliphatic carbocycles. The Kier molecular flexibility index (Phi) is 6.74. The highest BCUT2D eigenvalue weighted by Gasteiger charge is 2.21. The van der Waals surface area contributed by atoms with Crippen LogP contribution in [0.3, 0.4) is 0 Å². The molecule has 0 amide bonds. The third-order valence-corrected chi connectivity index (χ3v) is 3.95. The van der Waals surface area contributed by atoms with Crippen LogP contribution in [0.2, 0.25) is 0 Å². The number of unbranched alkanes of at least 4 members (excludes halogenated alkanes) is 3. The minimum atomic E-state index is 0.818. The van der Waals surface area contributed by atoms with Gasteiger partial charge in [-0.3, -0.25) is 0 Å². The zero-order valence-corrected chi connectivity index (χ0v) is 11.3. The van der Waals surface area contributed by atoms with Crippen LogP contribution in [0.15, 0.2) is 0 Å². The molecule has 2 unspecified atom stereocenters. The summed E-state index contributed by atoms with van der Waals surface area (Å²) < 4.78 is 0. The van der Waals surface area contributed by atoms with Crippen LogP contribution >= 0.6 is 12.6 Å². The maximum atomic E-state index is 4.24. The van der Waals surface area contributed by atoms with Gasteiger partial charge in [-0.1, -0.05) is 19.8 Å². The van der Waals surface area contributed by atoms with Crippen molar-refractivity contribution in [1.29, 1.82) is 0 Å². The first-order valence-electron chi connectivity index (χ1n) is 6.59. The molecule has 0 spiro atoms. The van der Waals surface area contributed by atoms with Crippen LogP contribution in [-0.4, -0.2) is 29.8 Å². The lowest BCUT2D eigenvalue weighted by Crippen LogP contribution is -2.40. The van der Waals surface area contributed by atoms with E-state index in [0.29, 0.717) is 0 Å². The molecule has 1 rings (SSSR count). The van der Waals surface area contributed by atoms with Gasteiger partial charge in [-0.25, -0.2) is 0 Å². The lowest BCUT2D eigenvalue weighted by atomic mass is 9.93. The summed E-state index contributed by atoms with van der Waals surface area (Å²) in [6, 6.07) is 0.818. The normalized spacial score (nSPS) is 28.2. The molecule has 0 radical (unpaired) electrons. The minimum Gasteiger partial charge on any atom is -0.301 e. The van der Waals surface area contributed by atoms with E-state index in [-0.39, 0.29) is 0 Å². The van der Waals surface area contributed by atoms with E-state index in [1.165, 1.54) is 51.6 Å². The average Bonchev–Trinajstić information content (AvgIpc) is 2.20. The van der Waals surface area contributed by atoms with Gasteiger partial charge in [0.25, 0.3) is 0 Å². The van der Waals surface area contributed by atoms with E-state index in [2.05, 4.69) is 31.4 Å². The van der Waals surface area contributed by atoms with Crippen LogP contribution in [0.4, 0.5) is 0 Å². The summed E-state index contributed by atoms with van der Waals surface area (Å²) in [5, 5.41) is 0. The van der Waals surface area contributed by atoms with Gasteiger partial charge in [0.15, 0.2) is 0 Å². The predicted molar refractivity (Wildman–Crippen MR) is 71.8 cm³/mol. The summed E-state index contributed by atoms with van der Waals surface area (Å²) in [6.07, 6.45) is 8.22. The minimum absolute atomic E-state index is 0.818. The highest BCUT2D eigenvalue weighted by atomic mass is 32.1. The Hall–Kier alpha value is 0.310. The highest BCUT2D eigenvalue weighted by Crippen LogP contribution is 2.22. The SMILES string of the molecule is CC1CCN(CCCCCCS)C(C)C1. The van der Waals surface area contributed by atoms with Gasteiger partial charge in [-0.05, 0) is 57.4 Å². The van der Waals surface area contributed by atoms with Crippen molar-refractivity contribution in [3.05, 3.63) is 0 Å². The lowest BCUT2D eigenvalue weighted by Gasteiger charge is -2.36. The van der Waals surface area contributed by atoms with Crippen LogP contribution in [0, 0.1) is 5.92 Å². The van der Waals surface area contributed by atoms with Crippen molar-refractivity contribution in [2.75, 3.05) is 18.8 Å². The number of hydrogen-bond acceptors (Lipinski definition) is 2. The maximum Gasteiger partial charge on any atom is 0.00694 e. The number of thiol groups is 1. The molecule has 1 fully saturated rings. The standard InChI is InChI=1S/C13H27NS/c1-12-7-9-14(13(2)11-12)8-5-3-4-6-10-15/h12-13,15H,3-11H2,1-2H3. The van der Waals surface area contributed by atoms with Gasteiger partial charge in [0.1, 0.15) is 0 Å². The summed E-state index contributed by atoms with van der Waals surface area (Å²) in [4.78, 5) is 2.68. The third kappa shape index (κ3) is 5.26. The molecular weight excluding hydrogens is 202 g/mol. The summed E-state index contributed by atoms with van der Waals surface area (Å²) in [6.45, 7) is 7.43. The zero-order chi connectivity index (χ0) is 11.1. The summed E-state index contributed by atoms with van der Waals surface area (Å²) >= 11 is 4.24. The Bertz CT molecular complexity index is 161. The molecular formula is C13H27NS. The fraction of sp³-hybridized carbons (Fsp3) is 1.00. The third-order valence-electron chi connectivity index (χ3n) is 3.63. The molecule has 0 aromatic carbocycles. The predicted octanol–water partition coefficient (Wildman–Crippen LogP) is 3.60. The van der Waals surface area contributed by atoms with E-state index >= 15 is 0 Å². The van der Waals surface area contributed by atoms with E-state index < -0.39 is 0 Å². The van der Waals surface area contributed by atoms with Gasteiger partial charge in [0, 0.05) is 6.04 Å². The molecule has 1 nitrogen and oxygen atoms in total. The van der Waals surface area contributed by atoms with Gasteiger partial charge in [0.05, 0.1) is 0 Å². The smallest absolute Gasteiger partial charge is 0.00694 e. The van der Waals surface area contributed by atoms with Crippen molar-refractivity contribution in [3.8, 4) is 0 Å². The Morgan fingerprint density at radius 3 is 2.53 bits per heavy atom. The van der Waals surface area contributed by atoms with Crippen molar-refractivity contribution in [2.24, 2.45) is 5.92 Å². The molecule has 90 valence electrons. The van der Waals surface area contributed by atoms with Gasteiger partial charge in [-0.2, -0.15) is 12.6 Å². The van der Waals surface area contributed by atoms with Crippen molar-refractivity contribution < 1.29 is 0 Å². The monoisotopic (exact) mass is 229 g/mol. The molecule has 2 heteroatoms. The molecule has 15 heavy (non-hydrogen) atoms. The molecule has 0 aromatic rings. The summed E-state index contributed by atoms with van der Waals surface area (Å²) in [5.74, 6) is 2.00. The number of hydrogen-bond donors (Lipinski definition) is 1. The summed E-state index contributed by atoms with van der Waals surface area (Å²) in [5.41, 5.74) is 0. The molecule has 0 N–H and O–H groups in total. The van der Waals surface area contributed by atoms with E-state index in [1.807, 2.05) is 0 Å². The van der Waals surface area contributed by atoms with E-state index in [1.54, 1.807) is 0 Å². The second-order valence-corrected chi connectivity index (χ2v) is 5.60. The average molecular weight is 229 g/mol. The van der Waals surface area contributed by atoms with Crippen molar-refractivity contribution >= 4 is 12.6 Å². The van der Waals surface area contributed by atoms with Gasteiger partial charge < -0.3 is 4.90 Å². The molecule has 1 saturated heterocycles. The lowest BCUT2D eigenvalue weighted by molar-refractivity contribution is 0.127. The van der Waals surface area contributed by atoms with Crippen LogP contribution < -0.4 is 0 Å². The first kappa shape index (κ1) is 13.4. The molecule has 0 saturated carbocycles. The van der Waals surface area contributed by atoms with Crippen molar-refractivity contribution in [1.82, 2.24) is 4.90 Å². The fourth-order valence-corrected chi connectivity index (χ4v) is 2.79. The first-order chi connectivity index (χ1) is 7.24. The quantitative estimate of drug-likeness (QED) is 0.538. The van der Waals surface area contributed by atoms with Crippen LogP contribution in [0.1, 0.15) is 52.4 Å². The maximum absolute atomic E-state index is 4.24. The molecule has 1 heterocycles. The second-order valence-electron chi connectivity index (χ2n) is 5.15. The van der Waals surface area contributed by atoms with E-state index in [9.17, 15) is 0 Å². The Labute approximate surface area is 101 Å². The molecule has 1 aliphatic heterocycles. The molecule has 0 aromatic heterocycles. The molecule has 0 bridgehead atoms. The Morgan fingerprint density at radius 2 is 1.87 bits per heavy atom. The summed E-state index contributed by atoms with van der Waals surface area (Å²) in [7, 11) is 0. The van der Waals surface area contributed by atoms with E-state index in [0.717, 1.165) is 17.7 Å². The highest BCUT2D eigenvalue weighted by molar-refractivity contribution is 7.80. The molecule has 2 atom stereocenters. The van der Waals surface area contributed by atoms with E-state index in [4.69, 9.17) is 0 Å². The van der Waals surface area contributed by atoms with Crippen LogP contribution in [0.5, 0.6) is 0 Å². The van der Waals surface area contributed by atoms with Crippen molar-refractivity contribution in [2.45, 2.75) is 58.4 Å². The van der Waals surface area contributed by atoms with Crippen LogP contribution in [-0.2, 0) is 0 Å². The van der Waals surface area contributed by atoms with Gasteiger partial charge in [-0.15, -0.1) is 0 Å². The Morgan fingerprint density at radius 1 is 1.13 bits per heavy atom. The topological polar surface area (TPSA) is 3.24 Å². The fourth-order valence-electron chi connectivity index (χ4n) is 2.57. The van der Waals surface area contributed by atoms with Crippen molar-refractivity contribution in [3.63, 3.8) is 0 Å². The number of rotatable bonds is 6. The number of piperidine rings is 1. The van der Waals surface area contributed by atoms with Gasteiger partial charge >= 0.3 is 0 Å². The molecule has 1 aliphatic rings. The first-order valence-corrected chi connectivity index (χ1v) is 7.22. The van der Waals surface area contributed by atoms with Gasteiger partial charge in [0.2, 0.25) is 0 Å². The second kappa shape index (κ2) is 7.56. The zero-order valence-electron chi connectivity index (χ0n) is 10.4. The Balaban J connectivity index is 2.05.